The lowest BCUT2D eigenvalue weighted by molar-refractivity contribution is 0.168. The molecule has 1 heterocycles. The first kappa shape index (κ1) is 11.4. The van der Waals surface area contributed by atoms with Gasteiger partial charge in [0.1, 0.15) is 5.82 Å². The smallest absolute Gasteiger partial charge is 0.412 e. The molecule has 5 N–H and O–H groups in total. The minimum Gasteiger partial charge on any atom is -0.450 e. The maximum absolute atomic E-state index is 11.0. The molecule has 1 aromatic heterocycles. The van der Waals surface area contributed by atoms with Crippen LogP contribution in [0.5, 0.6) is 0 Å². The minimum absolute atomic E-state index is 0.0642. The lowest BCUT2D eigenvalue weighted by atomic mass is 10.4. The van der Waals surface area contributed by atoms with Crippen LogP contribution in [0, 0.1) is 0 Å². The number of carbonyl (C=O) groups excluding carboxylic acids is 1. The molecular formula is C8H11ClN4O2. The fraction of sp³-hybridized carbons (Fsp3) is 0.250. The maximum Gasteiger partial charge on any atom is 0.412 e. The van der Waals surface area contributed by atoms with Gasteiger partial charge in [-0.3, -0.25) is 5.32 Å². The topological polar surface area (TPSA) is 103 Å². The van der Waals surface area contributed by atoms with Crippen LogP contribution in [0.2, 0.25) is 5.02 Å². The first-order valence-corrected chi connectivity index (χ1v) is 4.57. The highest BCUT2D eigenvalue weighted by Crippen LogP contribution is 2.26. The molecule has 1 rings (SSSR count). The summed E-state index contributed by atoms with van der Waals surface area (Å²) >= 11 is 5.74. The minimum atomic E-state index is -0.620. The molecule has 0 aliphatic rings. The number of nitrogens with one attached hydrogen (secondary N) is 1. The Kier molecular flexibility index (Phi) is 3.56. The van der Waals surface area contributed by atoms with E-state index >= 15 is 0 Å². The quantitative estimate of drug-likeness (QED) is 0.714. The number of halogens is 1. The van der Waals surface area contributed by atoms with E-state index in [2.05, 4.69) is 15.0 Å². The summed E-state index contributed by atoms with van der Waals surface area (Å²) in [6.45, 7) is 1.96. The Balaban J connectivity index is 2.83. The number of pyridine rings is 1. The molecule has 1 aromatic rings. The summed E-state index contributed by atoms with van der Waals surface area (Å²) in [6, 6.07) is 1.39. The lowest BCUT2D eigenvalue weighted by Gasteiger charge is -2.07. The molecule has 7 heteroatoms. The van der Waals surface area contributed by atoms with Gasteiger partial charge in [-0.15, -0.1) is 0 Å². The largest absolute Gasteiger partial charge is 0.450 e. The number of nitrogens with two attached hydrogens (primary N) is 2. The second-order valence-corrected chi connectivity index (χ2v) is 3.04. The number of rotatable bonds is 2. The Morgan fingerprint density at radius 1 is 1.67 bits per heavy atom. The zero-order valence-corrected chi connectivity index (χ0v) is 8.84. The highest BCUT2D eigenvalue weighted by Gasteiger charge is 2.08. The molecule has 1 amide bonds. The number of nitrogen functional groups attached to an aromatic ring is 2. The van der Waals surface area contributed by atoms with E-state index in [0.29, 0.717) is 0 Å². The van der Waals surface area contributed by atoms with E-state index in [0.717, 1.165) is 0 Å². The summed E-state index contributed by atoms with van der Waals surface area (Å²) < 4.78 is 4.65. The first-order valence-electron chi connectivity index (χ1n) is 4.19. The summed E-state index contributed by atoms with van der Waals surface area (Å²) in [7, 11) is 0. The van der Waals surface area contributed by atoms with E-state index in [1.807, 2.05) is 0 Å². The molecule has 0 radical (unpaired) electrons. The molecule has 0 saturated heterocycles. The molecule has 82 valence electrons. The summed E-state index contributed by atoms with van der Waals surface area (Å²) in [5.74, 6) is 0.263. The van der Waals surface area contributed by atoms with Crippen LogP contribution in [-0.4, -0.2) is 17.7 Å². The molecule has 0 aliphatic heterocycles. The first-order chi connectivity index (χ1) is 7.04. The maximum atomic E-state index is 11.0. The van der Waals surface area contributed by atoms with Crippen molar-refractivity contribution in [3.8, 4) is 0 Å². The third-order valence-electron chi connectivity index (χ3n) is 1.54. The molecule has 0 saturated carbocycles. The molecule has 0 aliphatic carbocycles. The number of aromatic nitrogens is 1. The summed E-state index contributed by atoms with van der Waals surface area (Å²) in [5.41, 5.74) is 11.1. The van der Waals surface area contributed by atoms with Crippen LogP contribution in [0.3, 0.4) is 0 Å². The van der Waals surface area contributed by atoms with Crippen LogP contribution in [0.15, 0.2) is 6.07 Å². The average Bonchev–Trinajstić information content (AvgIpc) is 2.14. The Hall–Kier alpha value is -1.69. The van der Waals surface area contributed by atoms with E-state index in [1.165, 1.54) is 6.07 Å². The van der Waals surface area contributed by atoms with E-state index in [1.54, 1.807) is 6.92 Å². The molecule has 6 nitrogen and oxygen atoms in total. The SMILES string of the molecule is CCOC(=O)Nc1cc(Cl)c(N)c(N)n1. The zero-order valence-electron chi connectivity index (χ0n) is 8.08. The molecule has 0 unspecified atom stereocenters. The highest BCUT2D eigenvalue weighted by atomic mass is 35.5. The Morgan fingerprint density at radius 2 is 2.33 bits per heavy atom. The van der Waals surface area contributed by atoms with E-state index < -0.39 is 6.09 Å². The van der Waals surface area contributed by atoms with Gasteiger partial charge in [0, 0.05) is 6.07 Å². The van der Waals surface area contributed by atoms with E-state index in [4.69, 9.17) is 23.1 Å². The second-order valence-electron chi connectivity index (χ2n) is 2.63. The van der Waals surface area contributed by atoms with Crippen molar-refractivity contribution in [1.29, 1.82) is 0 Å². The standard InChI is InChI=1S/C8H11ClN4O2/c1-2-15-8(14)13-5-3-4(9)6(10)7(11)12-5/h3H,2,10H2,1H3,(H3,11,12,13,14). The summed E-state index contributed by atoms with van der Waals surface area (Å²) in [4.78, 5) is 14.8. The fourth-order valence-corrected chi connectivity index (χ4v) is 1.08. The van der Waals surface area contributed by atoms with E-state index in [-0.39, 0.29) is 29.0 Å². The molecule has 0 fully saturated rings. The molecule has 0 bridgehead atoms. The van der Waals surface area contributed by atoms with Crippen molar-refractivity contribution in [2.24, 2.45) is 0 Å². The van der Waals surface area contributed by atoms with Crippen LogP contribution < -0.4 is 16.8 Å². The van der Waals surface area contributed by atoms with Crippen molar-refractivity contribution < 1.29 is 9.53 Å². The van der Waals surface area contributed by atoms with Crippen LogP contribution in [0.4, 0.5) is 22.1 Å². The van der Waals surface area contributed by atoms with Crippen molar-refractivity contribution in [3.05, 3.63) is 11.1 Å². The van der Waals surface area contributed by atoms with Gasteiger partial charge in [-0.25, -0.2) is 9.78 Å². The molecular weight excluding hydrogens is 220 g/mol. The van der Waals surface area contributed by atoms with Gasteiger partial charge in [-0.2, -0.15) is 0 Å². The molecule has 0 atom stereocenters. The van der Waals surface area contributed by atoms with Gasteiger partial charge in [0.25, 0.3) is 0 Å². The Bertz CT molecular complexity index is 360. The lowest BCUT2D eigenvalue weighted by Crippen LogP contribution is -2.15. The number of amides is 1. The Labute approximate surface area is 91.6 Å². The van der Waals surface area contributed by atoms with Gasteiger partial charge in [0.05, 0.1) is 17.3 Å². The number of hydrogen-bond acceptors (Lipinski definition) is 5. The molecule has 15 heavy (non-hydrogen) atoms. The Morgan fingerprint density at radius 3 is 2.87 bits per heavy atom. The number of hydrogen-bond donors (Lipinski definition) is 3. The molecule has 0 spiro atoms. The third-order valence-corrected chi connectivity index (χ3v) is 1.86. The predicted molar refractivity (Wildman–Crippen MR) is 58.7 cm³/mol. The van der Waals surface area contributed by atoms with Gasteiger partial charge in [0.2, 0.25) is 0 Å². The normalized spacial score (nSPS) is 9.73. The summed E-state index contributed by atoms with van der Waals surface area (Å²) in [5, 5.41) is 2.59. The monoisotopic (exact) mass is 230 g/mol. The van der Waals surface area contributed by atoms with Gasteiger partial charge >= 0.3 is 6.09 Å². The van der Waals surface area contributed by atoms with Crippen LogP contribution in [-0.2, 0) is 4.74 Å². The molecule has 0 aromatic carbocycles. The highest BCUT2D eigenvalue weighted by molar-refractivity contribution is 6.33. The van der Waals surface area contributed by atoms with Crippen molar-refractivity contribution in [2.45, 2.75) is 6.92 Å². The van der Waals surface area contributed by atoms with Gasteiger partial charge < -0.3 is 16.2 Å². The predicted octanol–water partition coefficient (Wildman–Crippen LogP) is 1.47. The number of carbonyl (C=O) groups is 1. The number of nitrogens with zero attached hydrogens (tertiary/aromatic N) is 1. The van der Waals surface area contributed by atoms with Gasteiger partial charge in [0.15, 0.2) is 5.82 Å². The van der Waals surface area contributed by atoms with Gasteiger partial charge in [-0.1, -0.05) is 11.6 Å². The van der Waals surface area contributed by atoms with Crippen molar-refractivity contribution in [2.75, 3.05) is 23.4 Å². The number of anilines is 3. The van der Waals surface area contributed by atoms with Crippen LogP contribution in [0.1, 0.15) is 6.92 Å². The van der Waals surface area contributed by atoms with E-state index in [9.17, 15) is 4.79 Å². The fourth-order valence-electron chi connectivity index (χ4n) is 0.878. The average molecular weight is 231 g/mol. The second kappa shape index (κ2) is 4.70. The summed E-state index contributed by atoms with van der Waals surface area (Å²) in [6.07, 6.45) is -0.620. The van der Waals surface area contributed by atoms with Crippen LogP contribution >= 0.6 is 11.6 Å². The van der Waals surface area contributed by atoms with Crippen molar-refractivity contribution in [3.63, 3.8) is 0 Å². The number of ether oxygens (including phenoxy) is 1. The van der Waals surface area contributed by atoms with Gasteiger partial charge in [-0.05, 0) is 6.92 Å². The zero-order chi connectivity index (χ0) is 11.4. The van der Waals surface area contributed by atoms with Crippen molar-refractivity contribution in [1.82, 2.24) is 4.98 Å². The van der Waals surface area contributed by atoms with Crippen LogP contribution in [0.25, 0.3) is 0 Å². The van der Waals surface area contributed by atoms with Crippen molar-refractivity contribution >= 4 is 35.0 Å². The third kappa shape index (κ3) is 2.88.